The van der Waals surface area contributed by atoms with Crippen molar-refractivity contribution in [1.29, 1.82) is 0 Å². The highest BCUT2D eigenvalue weighted by Gasteiger charge is 2.30. The molecule has 1 aliphatic heterocycles. The number of carbonyl (C=O) groups is 2. The third kappa shape index (κ3) is 4.57. The lowest BCUT2D eigenvalue weighted by molar-refractivity contribution is -0.140. The quantitative estimate of drug-likeness (QED) is 0.404. The maximum absolute atomic E-state index is 12.8. The van der Waals surface area contributed by atoms with Crippen LogP contribution in [-0.2, 0) is 9.53 Å². The van der Waals surface area contributed by atoms with Crippen molar-refractivity contribution < 1.29 is 28.9 Å². The fraction of sp³-hybridized carbons (Fsp3) is 0.556. The van der Waals surface area contributed by atoms with E-state index in [1.165, 1.54) is 14.2 Å². The molecule has 144 valence electrons. The Hall–Kier alpha value is -2.48. The van der Waals surface area contributed by atoms with E-state index >= 15 is 0 Å². The number of methoxy groups -OCH3 is 2. The predicted octanol–water partition coefficient (Wildman–Crippen LogP) is 1.21. The SMILES string of the molecule is COC(=O)CCCOc1cc(N)c(C(=O)N2CCC[C@@H]2CO)cc1OC. The molecule has 1 heterocycles. The highest BCUT2D eigenvalue weighted by atomic mass is 16.5. The summed E-state index contributed by atoms with van der Waals surface area (Å²) in [4.78, 5) is 25.5. The lowest BCUT2D eigenvalue weighted by atomic mass is 10.1. The van der Waals surface area contributed by atoms with Crippen LogP contribution in [0.3, 0.4) is 0 Å². The first-order chi connectivity index (χ1) is 12.5. The van der Waals surface area contributed by atoms with Crippen molar-refractivity contribution in [3.63, 3.8) is 0 Å². The van der Waals surface area contributed by atoms with Crippen LogP contribution in [0, 0.1) is 0 Å². The van der Waals surface area contributed by atoms with Crippen molar-refractivity contribution in [2.75, 3.05) is 39.7 Å². The molecule has 3 N–H and O–H groups in total. The van der Waals surface area contributed by atoms with Crippen LogP contribution in [0.4, 0.5) is 5.69 Å². The summed E-state index contributed by atoms with van der Waals surface area (Å²) in [6.07, 6.45) is 2.38. The number of nitrogen functional groups attached to an aromatic ring is 1. The van der Waals surface area contributed by atoms with Gasteiger partial charge in [0.1, 0.15) is 0 Å². The second-order valence-electron chi connectivity index (χ2n) is 6.10. The van der Waals surface area contributed by atoms with Crippen LogP contribution >= 0.6 is 0 Å². The van der Waals surface area contributed by atoms with Crippen molar-refractivity contribution >= 4 is 17.6 Å². The van der Waals surface area contributed by atoms with Crippen LogP contribution in [-0.4, -0.2) is 61.9 Å². The van der Waals surface area contributed by atoms with E-state index < -0.39 is 0 Å². The molecule has 1 fully saturated rings. The Labute approximate surface area is 152 Å². The number of carbonyl (C=O) groups excluding carboxylic acids is 2. The number of benzene rings is 1. The molecule has 0 radical (unpaired) electrons. The molecular weight excluding hydrogens is 340 g/mol. The fourth-order valence-corrected chi connectivity index (χ4v) is 2.98. The third-order valence-corrected chi connectivity index (χ3v) is 4.43. The van der Waals surface area contributed by atoms with E-state index in [0.717, 1.165) is 12.8 Å². The average Bonchev–Trinajstić information content (AvgIpc) is 3.13. The monoisotopic (exact) mass is 366 g/mol. The average molecular weight is 366 g/mol. The minimum Gasteiger partial charge on any atom is -0.493 e. The topological polar surface area (TPSA) is 111 Å². The molecule has 1 aliphatic rings. The van der Waals surface area contributed by atoms with Crippen LogP contribution in [0.25, 0.3) is 0 Å². The Balaban J connectivity index is 2.10. The van der Waals surface area contributed by atoms with Gasteiger partial charge in [-0.1, -0.05) is 0 Å². The van der Waals surface area contributed by atoms with Gasteiger partial charge in [0, 0.05) is 24.7 Å². The Morgan fingerprint density at radius 1 is 1.31 bits per heavy atom. The second kappa shape index (κ2) is 9.28. The fourth-order valence-electron chi connectivity index (χ4n) is 2.98. The molecule has 8 nitrogen and oxygen atoms in total. The molecule has 0 spiro atoms. The zero-order valence-electron chi connectivity index (χ0n) is 15.2. The highest BCUT2D eigenvalue weighted by Crippen LogP contribution is 2.34. The van der Waals surface area contributed by atoms with Gasteiger partial charge in [0.2, 0.25) is 0 Å². The Morgan fingerprint density at radius 2 is 2.08 bits per heavy atom. The van der Waals surface area contributed by atoms with Gasteiger partial charge in [0.25, 0.3) is 5.91 Å². The van der Waals surface area contributed by atoms with E-state index in [9.17, 15) is 14.7 Å². The van der Waals surface area contributed by atoms with Crippen LogP contribution < -0.4 is 15.2 Å². The van der Waals surface area contributed by atoms with Crippen LogP contribution in [0.2, 0.25) is 0 Å². The van der Waals surface area contributed by atoms with Crippen molar-refractivity contribution in [2.45, 2.75) is 31.7 Å². The van der Waals surface area contributed by atoms with E-state index in [1.54, 1.807) is 17.0 Å². The van der Waals surface area contributed by atoms with Crippen molar-refractivity contribution in [1.82, 2.24) is 4.90 Å². The van der Waals surface area contributed by atoms with Crippen LogP contribution in [0.15, 0.2) is 12.1 Å². The number of esters is 1. The molecule has 0 aromatic heterocycles. The lowest BCUT2D eigenvalue weighted by Crippen LogP contribution is -2.38. The number of aliphatic hydroxyl groups is 1. The Morgan fingerprint density at radius 3 is 2.73 bits per heavy atom. The van der Waals surface area contributed by atoms with E-state index in [-0.39, 0.29) is 43.2 Å². The van der Waals surface area contributed by atoms with Crippen molar-refractivity contribution in [3.8, 4) is 11.5 Å². The summed E-state index contributed by atoms with van der Waals surface area (Å²) in [5.41, 5.74) is 6.66. The number of aliphatic hydroxyl groups excluding tert-OH is 1. The molecule has 0 unspecified atom stereocenters. The summed E-state index contributed by atoms with van der Waals surface area (Å²) >= 11 is 0. The molecule has 1 aromatic carbocycles. The smallest absolute Gasteiger partial charge is 0.305 e. The van der Waals surface area contributed by atoms with E-state index in [2.05, 4.69) is 4.74 Å². The number of hydrogen-bond donors (Lipinski definition) is 2. The second-order valence-corrected chi connectivity index (χ2v) is 6.10. The molecule has 26 heavy (non-hydrogen) atoms. The number of rotatable bonds is 8. The molecule has 1 aromatic rings. The number of amides is 1. The number of hydrogen-bond acceptors (Lipinski definition) is 7. The van der Waals surface area contributed by atoms with Gasteiger partial charge in [0.05, 0.1) is 39.0 Å². The summed E-state index contributed by atoms with van der Waals surface area (Å²) < 4.78 is 15.5. The first-order valence-corrected chi connectivity index (χ1v) is 8.60. The molecule has 1 saturated heterocycles. The lowest BCUT2D eigenvalue weighted by Gasteiger charge is -2.24. The summed E-state index contributed by atoms with van der Waals surface area (Å²) in [6, 6.07) is 2.93. The molecular formula is C18H26N2O6. The summed E-state index contributed by atoms with van der Waals surface area (Å²) in [5, 5.41) is 9.42. The minimum atomic E-state index is -0.301. The molecule has 2 rings (SSSR count). The highest BCUT2D eigenvalue weighted by molar-refractivity contribution is 6.00. The first kappa shape index (κ1) is 19.8. The number of anilines is 1. The maximum Gasteiger partial charge on any atom is 0.305 e. The van der Waals surface area contributed by atoms with Crippen LogP contribution in [0.1, 0.15) is 36.0 Å². The Bertz CT molecular complexity index is 649. The molecule has 0 aliphatic carbocycles. The van der Waals surface area contributed by atoms with Gasteiger partial charge in [0.15, 0.2) is 11.5 Å². The van der Waals surface area contributed by atoms with Crippen molar-refractivity contribution in [2.24, 2.45) is 0 Å². The van der Waals surface area contributed by atoms with Gasteiger partial charge in [-0.05, 0) is 25.3 Å². The van der Waals surface area contributed by atoms with E-state index in [1.807, 2.05) is 0 Å². The number of nitrogens with zero attached hydrogens (tertiary/aromatic N) is 1. The van der Waals surface area contributed by atoms with Gasteiger partial charge in [-0.15, -0.1) is 0 Å². The van der Waals surface area contributed by atoms with E-state index in [4.69, 9.17) is 15.2 Å². The summed E-state index contributed by atoms with van der Waals surface area (Å²) in [6.45, 7) is 0.818. The zero-order chi connectivity index (χ0) is 19.1. The predicted molar refractivity (Wildman–Crippen MR) is 95.3 cm³/mol. The summed E-state index contributed by atoms with van der Waals surface area (Å²) in [7, 11) is 2.82. The largest absolute Gasteiger partial charge is 0.493 e. The minimum absolute atomic E-state index is 0.0653. The Kier molecular flexibility index (Phi) is 7.08. The normalized spacial score (nSPS) is 16.4. The third-order valence-electron chi connectivity index (χ3n) is 4.43. The van der Waals surface area contributed by atoms with Gasteiger partial charge in [-0.2, -0.15) is 0 Å². The van der Waals surface area contributed by atoms with Crippen molar-refractivity contribution in [3.05, 3.63) is 17.7 Å². The maximum atomic E-state index is 12.8. The standard InChI is InChI=1S/C18H26N2O6/c1-24-15-9-13(18(23)20-7-3-5-12(20)11-21)14(19)10-16(15)26-8-4-6-17(22)25-2/h9-10,12,21H,3-8,11,19H2,1-2H3/t12-/m1/s1. The van der Waals surface area contributed by atoms with Gasteiger partial charge >= 0.3 is 5.97 Å². The molecule has 8 heteroatoms. The molecule has 0 bridgehead atoms. The van der Waals surface area contributed by atoms with E-state index in [0.29, 0.717) is 30.0 Å². The number of ether oxygens (including phenoxy) is 3. The van der Waals surface area contributed by atoms with Crippen LogP contribution in [0.5, 0.6) is 11.5 Å². The number of nitrogens with two attached hydrogens (primary N) is 1. The first-order valence-electron chi connectivity index (χ1n) is 8.60. The molecule has 1 amide bonds. The van der Waals surface area contributed by atoms with Gasteiger partial charge in [-0.25, -0.2) is 0 Å². The molecule has 1 atom stereocenters. The van der Waals surface area contributed by atoms with Gasteiger partial charge < -0.3 is 30.0 Å². The number of likely N-dealkylation sites (tertiary alicyclic amines) is 1. The summed E-state index contributed by atoms with van der Waals surface area (Å²) in [5.74, 6) is 0.270. The van der Waals surface area contributed by atoms with Gasteiger partial charge in [-0.3, -0.25) is 9.59 Å². The molecule has 0 saturated carbocycles. The zero-order valence-corrected chi connectivity index (χ0v) is 15.2.